The molecule has 0 spiro atoms. The molecule has 0 aliphatic carbocycles. The van der Waals surface area contributed by atoms with Gasteiger partial charge >= 0.3 is 5.76 Å². The molecule has 1 amide bonds. The molecule has 2 aromatic carbocycles. The van der Waals surface area contributed by atoms with E-state index < -0.39 is 5.76 Å². The first-order chi connectivity index (χ1) is 13.4. The minimum atomic E-state index is -0.444. The molecule has 0 aliphatic rings. The Morgan fingerprint density at radius 2 is 1.93 bits per heavy atom. The third kappa shape index (κ3) is 3.22. The zero-order chi connectivity index (χ0) is 19.8. The molecular weight excluding hydrogens is 358 g/mol. The zero-order valence-corrected chi connectivity index (χ0v) is 15.8. The maximum absolute atomic E-state index is 12.5. The van der Waals surface area contributed by atoms with Crippen LogP contribution in [-0.4, -0.2) is 15.5 Å². The molecule has 1 N–H and O–H groups in total. The van der Waals surface area contributed by atoms with Crippen LogP contribution in [0.3, 0.4) is 0 Å². The predicted molar refractivity (Wildman–Crippen MR) is 105 cm³/mol. The van der Waals surface area contributed by atoms with Crippen LogP contribution in [-0.2, 0) is 18.3 Å². The van der Waals surface area contributed by atoms with Crippen molar-refractivity contribution in [2.24, 2.45) is 7.05 Å². The Morgan fingerprint density at radius 3 is 2.71 bits per heavy atom. The quantitative estimate of drug-likeness (QED) is 0.587. The summed E-state index contributed by atoms with van der Waals surface area (Å²) in [5.41, 5.74) is 4.21. The third-order valence-electron chi connectivity index (χ3n) is 4.67. The van der Waals surface area contributed by atoms with E-state index in [4.69, 9.17) is 8.83 Å². The molecule has 7 nitrogen and oxygen atoms in total. The SMILES string of the molecule is Cc1ccccc1-c1nc(CC(=O)Nc2ccc3oc(=O)n(C)c3c2)c(C)o1. The predicted octanol–water partition coefficient (Wildman–Crippen LogP) is 3.58. The minimum Gasteiger partial charge on any atom is -0.441 e. The second kappa shape index (κ2) is 6.84. The van der Waals surface area contributed by atoms with Gasteiger partial charge < -0.3 is 14.2 Å². The Morgan fingerprint density at radius 1 is 1.14 bits per heavy atom. The van der Waals surface area contributed by atoms with Crippen molar-refractivity contribution in [2.45, 2.75) is 20.3 Å². The van der Waals surface area contributed by atoms with E-state index in [0.29, 0.717) is 34.1 Å². The standard InChI is InChI=1S/C21H19N3O4/c1-12-6-4-5-7-15(12)20-23-16(13(2)27-20)11-19(25)22-14-8-9-18-17(10-14)24(3)21(26)28-18/h4-10H,11H2,1-3H3,(H,22,25). The number of nitrogens with one attached hydrogen (secondary N) is 1. The monoisotopic (exact) mass is 377 g/mol. The topological polar surface area (TPSA) is 90.3 Å². The number of amides is 1. The van der Waals surface area contributed by atoms with Gasteiger partial charge in [0.15, 0.2) is 5.58 Å². The lowest BCUT2D eigenvalue weighted by atomic mass is 10.1. The summed E-state index contributed by atoms with van der Waals surface area (Å²) in [7, 11) is 1.62. The first kappa shape index (κ1) is 17.8. The Kier molecular flexibility index (Phi) is 4.35. The van der Waals surface area contributed by atoms with Gasteiger partial charge in [0, 0.05) is 18.3 Å². The second-order valence-corrected chi connectivity index (χ2v) is 6.67. The molecule has 4 rings (SSSR count). The summed E-state index contributed by atoms with van der Waals surface area (Å²) < 4.78 is 12.3. The first-order valence-corrected chi connectivity index (χ1v) is 8.84. The molecule has 0 radical (unpaired) electrons. The van der Waals surface area contributed by atoms with Gasteiger partial charge in [-0.05, 0) is 43.7 Å². The average Bonchev–Trinajstić information content (AvgIpc) is 3.15. The zero-order valence-electron chi connectivity index (χ0n) is 15.8. The van der Waals surface area contributed by atoms with Crippen LogP contribution in [0.25, 0.3) is 22.6 Å². The number of aryl methyl sites for hydroxylation is 3. The first-order valence-electron chi connectivity index (χ1n) is 8.84. The molecule has 0 fully saturated rings. The van der Waals surface area contributed by atoms with E-state index in [2.05, 4.69) is 10.3 Å². The lowest BCUT2D eigenvalue weighted by Crippen LogP contribution is -2.15. The van der Waals surface area contributed by atoms with Crippen molar-refractivity contribution in [2.75, 3.05) is 5.32 Å². The van der Waals surface area contributed by atoms with Crippen LogP contribution in [0.1, 0.15) is 17.0 Å². The highest BCUT2D eigenvalue weighted by molar-refractivity contribution is 5.94. The molecule has 0 saturated carbocycles. The van der Waals surface area contributed by atoms with E-state index in [-0.39, 0.29) is 12.3 Å². The molecule has 28 heavy (non-hydrogen) atoms. The van der Waals surface area contributed by atoms with Gasteiger partial charge in [0.2, 0.25) is 11.8 Å². The van der Waals surface area contributed by atoms with Crippen molar-refractivity contribution in [1.29, 1.82) is 0 Å². The Hall–Kier alpha value is -3.61. The van der Waals surface area contributed by atoms with Gasteiger partial charge in [-0.25, -0.2) is 9.78 Å². The van der Waals surface area contributed by atoms with Crippen molar-refractivity contribution in [3.63, 3.8) is 0 Å². The summed E-state index contributed by atoms with van der Waals surface area (Å²) in [5, 5.41) is 2.83. The molecule has 2 aromatic heterocycles. The summed E-state index contributed by atoms with van der Waals surface area (Å²) in [4.78, 5) is 28.6. The van der Waals surface area contributed by atoms with E-state index in [1.165, 1.54) is 4.57 Å². The maximum atomic E-state index is 12.5. The van der Waals surface area contributed by atoms with Gasteiger partial charge in [-0.3, -0.25) is 9.36 Å². The number of aromatic nitrogens is 2. The molecule has 0 saturated heterocycles. The number of rotatable bonds is 4. The lowest BCUT2D eigenvalue weighted by molar-refractivity contribution is -0.115. The Labute approximate surface area is 160 Å². The molecule has 0 bridgehead atoms. The van der Waals surface area contributed by atoms with Gasteiger partial charge in [-0.2, -0.15) is 0 Å². The highest BCUT2D eigenvalue weighted by Crippen LogP contribution is 2.25. The summed E-state index contributed by atoms with van der Waals surface area (Å²) >= 11 is 0. The van der Waals surface area contributed by atoms with Crippen LogP contribution < -0.4 is 11.1 Å². The van der Waals surface area contributed by atoms with Crippen molar-refractivity contribution in [3.05, 3.63) is 70.0 Å². The summed E-state index contributed by atoms with van der Waals surface area (Å²) in [6.07, 6.45) is 0.0869. The highest BCUT2D eigenvalue weighted by Gasteiger charge is 2.16. The van der Waals surface area contributed by atoms with Crippen molar-refractivity contribution >= 4 is 22.7 Å². The number of hydrogen-bond acceptors (Lipinski definition) is 5. The number of carbonyl (C=O) groups is 1. The number of nitrogens with zero attached hydrogens (tertiary/aromatic N) is 2. The van der Waals surface area contributed by atoms with Crippen LogP contribution in [0.4, 0.5) is 5.69 Å². The molecule has 0 unspecified atom stereocenters. The van der Waals surface area contributed by atoms with Crippen LogP contribution in [0.2, 0.25) is 0 Å². The van der Waals surface area contributed by atoms with Crippen LogP contribution in [0.15, 0.2) is 56.1 Å². The molecule has 0 atom stereocenters. The van der Waals surface area contributed by atoms with E-state index in [1.54, 1.807) is 32.2 Å². The number of fused-ring (bicyclic) bond motifs is 1. The van der Waals surface area contributed by atoms with Crippen molar-refractivity contribution in [3.8, 4) is 11.5 Å². The summed E-state index contributed by atoms with van der Waals surface area (Å²) in [6, 6.07) is 12.9. The Balaban J connectivity index is 1.54. The van der Waals surface area contributed by atoms with Gasteiger partial charge in [0.1, 0.15) is 5.76 Å². The molecule has 7 heteroatoms. The number of hydrogen-bond donors (Lipinski definition) is 1. The lowest BCUT2D eigenvalue weighted by Gasteiger charge is -2.04. The largest absolute Gasteiger partial charge is 0.441 e. The maximum Gasteiger partial charge on any atom is 0.419 e. The fraction of sp³-hybridized carbons (Fsp3) is 0.190. The Bertz CT molecular complexity index is 1250. The van der Waals surface area contributed by atoms with Crippen LogP contribution >= 0.6 is 0 Å². The van der Waals surface area contributed by atoms with E-state index in [1.807, 2.05) is 31.2 Å². The third-order valence-corrected chi connectivity index (χ3v) is 4.67. The fourth-order valence-corrected chi connectivity index (χ4v) is 3.08. The molecule has 2 heterocycles. The summed E-state index contributed by atoms with van der Waals surface area (Å²) in [6.45, 7) is 3.78. The molecule has 0 aliphatic heterocycles. The normalized spacial score (nSPS) is 11.1. The number of anilines is 1. The summed E-state index contributed by atoms with van der Waals surface area (Å²) in [5.74, 6) is 0.454. The number of oxazole rings is 2. The second-order valence-electron chi connectivity index (χ2n) is 6.67. The number of carbonyl (C=O) groups excluding carboxylic acids is 1. The van der Waals surface area contributed by atoms with Gasteiger partial charge in [-0.1, -0.05) is 18.2 Å². The van der Waals surface area contributed by atoms with Gasteiger partial charge in [0.25, 0.3) is 0 Å². The van der Waals surface area contributed by atoms with Crippen LogP contribution in [0.5, 0.6) is 0 Å². The van der Waals surface area contributed by atoms with Gasteiger partial charge in [-0.15, -0.1) is 0 Å². The van der Waals surface area contributed by atoms with E-state index in [0.717, 1.165) is 11.1 Å². The molecule has 4 aromatic rings. The van der Waals surface area contributed by atoms with E-state index >= 15 is 0 Å². The van der Waals surface area contributed by atoms with Gasteiger partial charge in [0.05, 0.1) is 17.6 Å². The van der Waals surface area contributed by atoms with Crippen LogP contribution in [0, 0.1) is 13.8 Å². The van der Waals surface area contributed by atoms with E-state index in [9.17, 15) is 9.59 Å². The van der Waals surface area contributed by atoms with Crippen molar-refractivity contribution < 1.29 is 13.6 Å². The van der Waals surface area contributed by atoms with Crippen molar-refractivity contribution in [1.82, 2.24) is 9.55 Å². The highest BCUT2D eigenvalue weighted by atomic mass is 16.4. The number of benzene rings is 2. The average molecular weight is 377 g/mol. The minimum absolute atomic E-state index is 0.0869. The smallest absolute Gasteiger partial charge is 0.419 e. The molecule has 142 valence electrons. The fourth-order valence-electron chi connectivity index (χ4n) is 3.08. The molecular formula is C21H19N3O4.